The largest absolute Gasteiger partial charge is 0.369 e. The molecule has 0 aromatic heterocycles. The van der Waals surface area contributed by atoms with E-state index in [1.807, 2.05) is 6.92 Å². The molecule has 0 unspecified atom stereocenters. The Bertz CT molecular complexity index is 325. The van der Waals surface area contributed by atoms with E-state index in [0.717, 1.165) is 0 Å². The van der Waals surface area contributed by atoms with Crippen LogP contribution in [0.5, 0.6) is 0 Å². The highest BCUT2D eigenvalue weighted by molar-refractivity contribution is 7.91. The van der Waals surface area contributed by atoms with Gasteiger partial charge in [0.15, 0.2) is 9.84 Å². The van der Waals surface area contributed by atoms with Crippen molar-refractivity contribution in [2.75, 3.05) is 18.1 Å². The Kier molecular flexibility index (Phi) is 4.10. The number of carbonyl (C=O) groups is 1. The lowest BCUT2D eigenvalue weighted by molar-refractivity contribution is -0.132. The molecule has 5 nitrogen and oxygen atoms in total. The van der Waals surface area contributed by atoms with E-state index in [4.69, 9.17) is 4.74 Å². The van der Waals surface area contributed by atoms with Crippen LogP contribution in [0.15, 0.2) is 0 Å². The molecular weight excluding hydrogens is 218 g/mol. The average molecular weight is 235 g/mol. The zero-order valence-corrected chi connectivity index (χ0v) is 9.84. The summed E-state index contributed by atoms with van der Waals surface area (Å²) in [5, 5.41) is 2.68. The summed E-state index contributed by atoms with van der Waals surface area (Å²) < 4.78 is 27.4. The Morgan fingerprint density at radius 2 is 2.27 bits per heavy atom. The van der Waals surface area contributed by atoms with Crippen LogP contribution in [0, 0.1) is 0 Å². The van der Waals surface area contributed by atoms with Gasteiger partial charge in [0.05, 0.1) is 11.5 Å². The number of amides is 1. The minimum Gasteiger partial charge on any atom is -0.369 e. The molecule has 0 saturated carbocycles. The minimum atomic E-state index is -2.93. The summed E-state index contributed by atoms with van der Waals surface area (Å²) in [6.07, 6.45) is -0.00860. The molecule has 1 aliphatic heterocycles. The zero-order chi connectivity index (χ0) is 11.5. The third kappa shape index (κ3) is 3.79. The second kappa shape index (κ2) is 4.94. The second-order valence-corrected chi connectivity index (χ2v) is 5.93. The second-order valence-electron chi connectivity index (χ2n) is 3.71. The summed E-state index contributed by atoms with van der Waals surface area (Å²) in [6.45, 7) is 3.93. The fraction of sp³-hybridized carbons (Fsp3) is 0.889. The molecule has 15 heavy (non-hydrogen) atoms. The third-order valence-corrected chi connectivity index (χ3v) is 4.13. The lowest BCUT2D eigenvalue weighted by Gasteiger charge is -2.15. The Morgan fingerprint density at radius 3 is 2.73 bits per heavy atom. The Balaban J connectivity index is 2.40. The molecule has 0 aliphatic carbocycles. The summed E-state index contributed by atoms with van der Waals surface area (Å²) >= 11 is 0. The SMILES string of the molecule is CCO[C@@H](C)C(=O)N[C@@H]1CCS(=O)(=O)C1. The lowest BCUT2D eigenvalue weighted by atomic mass is 10.2. The molecule has 2 atom stereocenters. The van der Waals surface area contributed by atoms with Crippen LogP contribution >= 0.6 is 0 Å². The zero-order valence-electron chi connectivity index (χ0n) is 9.02. The maximum absolute atomic E-state index is 11.5. The van der Waals surface area contributed by atoms with Crippen molar-refractivity contribution in [3.05, 3.63) is 0 Å². The molecule has 1 amide bonds. The first kappa shape index (κ1) is 12.4. The van der Waals surface area contributed by atoms with E-state index in [0.29, 0.717) is 13.0 Å². The van der Waals surface area contributed by atoms with Gasteiger partial charge in [-0.05, 0) is 20.3 Å². The van der Waals surface area contributed by atoms with Crippen molar-refractivity contribution in [2.45, 2.75) is 32.4 Å². The Labute approximate surface area is 90.1 Å². The highest BCUT2D eigenvalue weighted by atomic mass is 32.2. The van der Waals surface area contributed by atoms with Crippen molar-refractivity contribution >= 4 is 15.7 Å². The highest BCUT2D eigenvalue weighted by Gasteiger charge is 2.29. The van der Waals surface area contributed by atoms with E-state index < -0.39 is 15.9 Å². The number of rotatable bonds is 4. The number of hydrogen-bond donors (Lipinski definition) is 1. The highest BCUT2D eigenvalue weighted by Crippen LogP contribution is 2.11. The topological polar surface area (TPSA) is 72.5 Å². The van der Waals surface area contributed by atoms with Crippen LogP contribution in [0.25, 0.3) is 0 Å². The van der Waals surface area contributed by atoms with Crippen molar-refractivity contribution in [2.24, 2.45) is 0 Å². The van der Waals surface area contributed by atoms with Gasteiger partial charge < -0.3 is 10.1 Å². The van der Waals surface area contributed by atoms with Crippen molar-refractivity contribution in [1.29, 1.82) is 0 Å². The van der Waals surface area contributed by atoms with Crippen molar-refractivity contribution in [3.63, 3.8) is 0 Å². The first-order chi connectivity index (χ1) is 6.94. The van der Waals surface area contributed by atoms with Gasteiger partial charge in [0.2, 0.25) is 5.91 Å². The smallest absolute Gasteiger partial charge is 0.249 e. The molecule has 1 rings (SSSR count). The van der Waals surface area contributed by atoms with Gasteiger partial charge in [0, 0.05) is 12.6 Å². The molecule has 0 bridgehead atoms. The molecular formula is C9H17NO4S. The fourth-order valence-electron chi connectivity index (χ4n) is 1.55. The standard InChI is InChI=1S/C9H17NO4S/c1-3-14-7(2)9(11)10-8-4-5-15(12,13)6-8/h7-8H,3-6H2,1-2H3,(H,10,11)/t7-,8+/m0/s1. The molecule has 88 valence electrons. The van der Waals surface area contributed by atoms with Gasteiger partial charge in [-0.3, -0.25) is 4.79 Å². The van der Waals surface area contributed by atoms with Crippen LogP contribution < -0.4 is 5.32 Å². The molecule has 0 spiro atoms. The lowest BCUT2D eigenvalue weighted by Crippen LogP contribution is -2.41. The predicted molar refractivity (Wildman–Crippen MR) is 56.3 cm³/mol. The van der Waals surface area contributed by atoms with E-state index in [1.54, 1.807) is 6.92 Å². The molecule has 1 N–H and O–H groups in total. The quantitative estimate of drug-likeness (QED) is 0.727. The first-order valence-corrected chi connectivity index (χ1v) is 6.89. The van der Waals surface area contributed by atoms with Crippen LogP contribution in [-0.2, 0) is 19.4 Å². The van der Waals surface area contributed by atoms with Gasteiger partial charge in [-0.2, -0.15) is 0 Å². The molecule has 0 radical (unpaired) electrons. The van der Waals surface area contributed by atoms with Crippen LogP contribution in [-0.4, -0.2) is 44.6 Å². The molecule has 1 fully saturated rings. The third-order valence-electron chi connectivity index (χ3n) is 2.36. The van der Waals surface area contributed by atoms with Crippen molar-refractivity contribution in [3.8, 4) is 0 Å². The number of carbonyl (C=O) groups excluding carboxylic acids is 1. The average Bonchev–Trinajstić information content (AvgIpc) is 2.46. The van der Waals surface area contributed by atoms with Crippen LogP contribution in [0.2, 0.25) is 0 Å². The van der Waals surface area contributed by atoms with E-state index in [1.165, 1.54) is 0 Å². The van der Waals surface area contributed by atoms with E-state index in [-0.39, 0.29) is 23.5 Å². The van der Waals surface area contributed by atoms with Crippen molar-refractivity contribution < 1.29 is 17.9 Å². The summed E-state index contributed by atoms with van der Waals surface area (Å²) in [5.41, 5.74) is 0. The van der Waals surface area contributed by atoms with Crippen LogP contribution in [0.4, 0.5) is 0 Å². The summed E-state index contributed by atoms with van der Waals surface area (Å²) in [7, 11) is -2.93. The van der Waals surface area contributed by atoms with E-state index in [9.17, 15) is 13.2 Å². The van der Waals surface area contributed by atoms with Gasteiger partial charge >= 0.3 is 0 Å². The van der Waals surface area contributed by atoms with Gasteiger partial charge in [-0.15, -0.1) is 0 Å². The molecule has 0 aromatic rings. The van der Waals surface area contributed by atoms with Gasteiger partial charge in [0.1, 0.15) is 6.10 Å². The summed E-state index contributed by atoms with van der Waals surface area (Å²) in [4.78, 5) is 11.5. The maximum atomic E-state index is 11.5. The van der Waals surface area contributed by atoms with E-state index in [2.05, 4.69) is 5.32 Å². The van der Waals surface area contributed by atoms with Crippen LogP contribution in [0.1, 0.15) is 20.3 Å². The number of sulfone groups is 1. The summed E-state index contributed by atoms with van der Waals surface area (Å²) in [5.74, 6) is -0.0163. The minimum absolute atomic E-state index is 0.0532. The molecule has 6 heteroatoms. The predicted octanol–water partition coefficient (Wildman–Crippen LogP) is -0.285. The Morgan fingerprint density at radius 1 is 1.60 bits per heavy atom. The molecule has 1 saturated heterocycles. The number of nitrogens with one attached hydrogen (secondary N) is 1. The van der Waals surface area contributed by atoms with Gasteiger partial charge in [-0.1, -0.05) is 0 Å². The maximum Gasteiger partial charge on any atom is 0.249 e. The van der Waals surface area contributed by atoms with Crippen molar-refractivity contribution in [1.82, 2.24) is 5.32 Å². The first-order valence-electron chi connectivity index (χ1n) is 5.07. The fourth-order valence-corrected chi connectivity index (χ4v) is 3.23. The number of ether oxygens (including phenoxy) is 1. The van der Waals surface area contributed by atoms with E-state index >= 15 is 0 Å². The van der Waals surface area contributed by atoms with Gasteiger partial charge in [0.25, 0.3) is 0 Å². The molecule has 0 aromatic carbocycles. The van der Waals surface area contributed by atoms with Crippen LogP contribution in [0.3, 0.4) is 0 Å². The Hall–Kier alpha value is -0.620. The normalized spacial score (nSPS) is 26.1. The summed E-state index contributed by atoms with van der Waals surface area (Å²) in [6, 6.07) is -0.245. The molecule has 1 aliphatic rings. The van der Waals surface area contributed by atoms with Gasteiger partial charge in [-0.25, -0.2) is 8.42 Å². The molecule has 1 heterocycles. The monoisotopic (exact) mass is 235 g/mol. The number of hydrogen-bond acceptors (Lipinski definition) is 4.